The number of rotatable bonds is 5. The van der Waals surface area contributed by atoms with Gasteiger partial charge in [0.2, 0.25) is 5.95 Å². The van der Waals surface area contributed by atoms with E-state index in [0.717, 1.165) is 21.4 Å². The van der Waals surface area contributed by atoms with Gasteiger partial charge in [0, 0.05) is 23.9 Å². The number of H-pyrrole nitrogens is 2. The number of fused-ring (bicyclic) bond motifs is 2. The van der Waals surface area contributed by atoms with Crippen molar-refractivity contribution < 1.29 is 14.3 Å². The number of hydrogen-bond donors (Lipinski definition) is 3. The van der Waals surface area contributed by atoms with Gasteiger partial charge in [0.05, 0.1) is 22.1 Å². The van der Waals surface area contributed by atoms with Crippen LogP contribution in [-0.2, 0) is 6.42 Å². The van der Waals surface area contributed by atoms with Crippen molar-refractivity contribution >= 4 is 33.8 Å². The van der Waals surface area contributed by atoms with E-state index in [1.807, 2.05) is 19.1 Å². The van der Waals surface area contributed by atoms with Crippen molar-refractivity contribution in [1.82, 2.24) is 20.2 Å². The average Bonchev–Trinajstić information content (AvgIpc) is 3.25. The molecule has 2 aromatic heterocycles. The molecule has 8 nitrogen and oxygen atoms in total. The molecule has 0 radical (unpaired) electrons. The first-order valence-electron chi connectivity index (χ1n) is 11.1. The molecule has 0 bridgehead atoms. The van der Waals surface area contributed by atoms with Crippen LogP contribution in [0.1, 0.15) is 23.7 Å². The predicted molar refractivity (Wildman–Crippen MR) is 132 cm³/mol. The highest BCUT2D eigenvalue weighted by Gasteiger charge is 2.17. The van der Waals surface area contributed by atoms with Gasteiger partial charge >= 0.3 is 6.09 Å². The number of nitrogens with one attached hydrogen (secondary N) is 2. The van der Waals surface area contributed by atoms with Gasteiger partial charge in [0.15, 0.2) is 0 Å². The minimum atomic E-state index is -1.11. The number of carboxylic acid groups (broad SMARTS) is 1. The minimum Gasteiger partial charge on any atom is -0.465 e. The lowest BCUT2D eigenvalue weighted by atomic mass is 9.98. The summed E-state index contributed by atoms with van der Waals surface area (Å²) in [5.74, 6) is -0.174. The molecule has 1 amide bonds. The summed E-state index contributed by atoms with van der Waals surface area (Å²) in [6.45, 7) is 3.91. The van der Waals surface area contributed by atoms with Crippen LogP contribution in [0.2, 0.25) is 0 Å². The van der Waals surface area contributed by atoms with Crippen LogP contribution < -0.4 is 10.5 Å². The molecule has 3 aromatic carbocycles. The highest BCUT2D eigenvalue weighted by molar-refractivity contribution is 5.89. The van der Waals surface area contributed by atoms with Crippen LogP contribution in [0.3, 0.4) is 0 Å². The maximum atomic E-state index is 14.9. The molecule has 0 aliphatic carbocycles. The van der Waals surface area contributed by atoms with E-state index in [4.69, 9.17) is 0 Å². The van der Waals surface area contributed by atoms with E-state index in [2.05, 4.69) is 20.2 Å². The van der Waals surface area contributed by atoms with Gasteiger partial charge in [0.1, 0.15) is 5.82 Å². The third kappa shape index (κ3) is 4.12. The van der Waals surface area contributed by atoms with Gasteiger partial charge in [-0.2, -0.15) is 5.10 Å². The minimum absolute atomic E-state index is 0.215. The summed E-state index contributed by atoms with van der Waals surface area (Å²) in [7, 11) is 0. The van der Waals surface area contributed by atoms with E-state index < -0.39 is 6.09 Å². The first-order chi connectivity index (χ1) is 16.8. The molecule has 2 heterocycles. The quantitative estimate of drug-likeness (QED) is 0.333. The molecular formula is C26H22FN5O3. The van der Waals surface area contributed by atoms with Crippen LogP contribution in [0.15, 0.2) is 59.4 Å². The Morgan fingerprint density at radius 3 is 2.69 bits per heavy atom. The normalized spacial score (nSPS) is 11.3. The van der Waals surface area contributed by atoms with Crippen LogP contribution >= 0.6 is 0 Å². The standard InChI is InChI=1S/C26H22FN5O3/c1-3-32(26(34)35)25-28-21-9-6-16(13-23(21)29-25)18-11-15(5-8-20(18)27)12-22-19-10-14(2)4-7-17(19)24(33)31-30-22/h4-11,13H,3,12H2,1-2H3,(H,28,29)(H,31,33)(H,34,35). The fraction of sp³-hybridized carbons (Fsp3) is 0.154. The molecule has 176 valence electrons. The van der Waals surface area contributed by atoms with E-state index in [0.29, 0.717) is 39.7 Å². The molecule has 9 heteroatoms. The van der Waals surface area contributed by atoms with Crippen molar-refractivity contribution in [2.75, 3.05) is 11.4 Å². The second-order valence-electron chi connectivity index (χ2n) is 8.36. The number of aromatic amines is 2. The summed E-state index contributed by atoms with van der Waals surface area (Å²) in [5.41, 5.74) is 4.48. The number of aromatic nitrogens is 4. The Balaban J connectivity index is 1.53. The van der Waals surface area contributed by atoms with Crippen molar-refractivity contribution in [2.45, 2.75) is 20.3 Å². The molecule has 0 saturated carbocycles. The van der Waals surface area contributed by atoms with Crippen LogP contribution in [0.5, 0.6) is 0 Å². The fourth-order valence-electron chi connectivity index (χ4n) is 4.23. The number of carbonyl (C=O) groups is 1. The summed E-state index contributed by atoms with van der Waals surface area (Å²) in [6.07, 6.45) is -0.702. The number of benzene rings is 3. The van der Waals surface area contributed by atoms with Gasteiger partial charge in [-0.15, -0.1) is 0 Å². The van der Waals surface area contributed by atoms with Crippen LogP contribution in [0, 0.1) is 12.7 Å². The molecular weight excluding hydrogens is 449 g/mol. The summed E-state index contributed by atoms with van der Waals surface area (Å²) in [5, 5.41) is 17.5. The number of nitrogens with zero attached hydrogens (tertiary/aromatic N) is 3. The molecule has 0 aliphatic heterocycles. The van der Waals surface area contributed by atoms with Crippen LogP contribution in [0.4, 0.5) is 15.1 Å². The fourth-order valence-corrected chi connectivity index (χ4v) is 4.23. The molecule has 5 rings (SSSR count). The van der Waals surface area contributed by atoms with E-state index in [-0.39, 0.29) is 23.9 Å². The molecule has 0 atom stereocenters. The second kappa shape index (κ2) is 8.68. The zero-order valence-electron chi connectivity index (χ0n) is 19.1. The predicted octanol–water partition coefficient (Wildman–Crippen LogP) is 5.01. The SMILES string of the molecule is CCN(C(=O)O)c1nc2cc(-c3cc(Cc4n[nH]c(=O)c5ccc(C)cc45)ccc3F)ccc2[nH]1. The average molecular weight is 471 g/mol. The number of amides is 1. The second-order valence-corrected chi connectivity index (χ2v) is 8.36. The summed E-state index contributed by atoms with van der Waals surface area (Å²) < 4.78 is 14.9. The number of aryl methyl sites for hydroxylation is 1. The topological polar surface area (TPSA) is 115 Å². The molecule has 0 spiro atoms. The highest BCUT2D eigenvalue weighted by Crippen LogP contribution is 2.29. The van der Waals surface area contributed by atoms with Gasteiger partial charge in [-0.1, -0.05) is 23.8 Å². The smallest absolute Gasteiger partial charge is 0.414 e. The van der Waals surface area contributed by atoms with Gasteiger partial charge in [-0.05, 0) is 61.4 Å². The first-order valence-corrected chi connectivity index (χ1v) is 11.1. The Morgan fingerprint density at radius 1 is 1.09 bits per heavy atom. The van der Waals surface area contributed by atoms with Crippen molar-refractivity contribution in [3.05, 3.63) is 87.6 Å². The maximum absolute atomic E-state index is 14.9. The van der Waals surface area contributed by atoms with Crippen molar-refractivity contribution in [3.8, 4) is 11.1 Å². The zero-order chi connectivity index (χ0) is 24.7. The van der Waals surface area contributed by atoms with Crippen molar-refractivity contribution in [1.29, 1.82) is 0 Å². The first kappa shape index (κ1) is 22.3. The van der Waals surface area contributed by atoms with E-state index >= 15 is 0 Å². The summed E-state index contributed by atoms with van der Waals surface area (Å²) in [6, 6.07) is 15.7. The lowest BCUT2D eigenvalue weighted by Crippen LogP contribution is -2.29. The van der Waals surface area contributed by atoms with Gasteiger partial charge in [0.25, 0.3) is 5.56 Å². The lowest BCUT2D eigenvalue weighted by Gasteiger charge is -2.12. The Morgan fingerprint density at radius 2 is 1.91 bits per heavy atom. The maximum Gasteiger partial charge on any atom is 0.414 e. The van der Waals surface area contributed by atoms with Gasteiger partial charge in [-0.3, -0.25) is 4.79 Å². The molecule has 35 heavy (non-hydrogen) atoms. The molecule has 0 fully saturated rings. The lowest BCUT2D eigenvalue weighted by molar-refractivity contribution is 0.202. The Kier molecular flexibility index (Phi) is 5.52. The molecule has 3 N–H and O–H groups in total. The zero-order valence-corrected chi connectivity index (χ0v) is 19.1. The Bertz CT molecular complexity index is 1660. The van der Waals surface area contributed by atoms with E-state index in [1.165, 1.54) is 6.07 Å². The van der Waals surface area contributed by atoms with E-state index in [9.17, 15) is 19.1 Å². The monoisotopic (exact) mass is 471 g/mol. The number of anilines is 1. The largest absolute Gasteiger partial charge is 0.465 e. The third-order valence-electron chi connectivity index (χ3n) is 6.01. The van der Waals surface area contributed by atoms with Gasteiger partial charge < -0.3 is 10.1 Å². The Labute approximate surface area is 199 Å². The molecule has 0 saturated heterocycles. The van der Waals surface area contributed by atoms with Crippen molar-refractivity contribution in [2.24, 2.45) is 0 Å². The summed E-state index contributed by atoms with van der Waals surface area (Å²) in [4.78, 5) is 32.1. The number of imidazole rings is 1. The van der Waals surface area contributed by atoms with Crippen LogP contribution in [-0.4, -0.2) is 37.9 Å². The van der Waals surface area contributed by atoms with E-state index in [1.54, 1.807) is 43.3 Å². The van der Waals surface area contributed by atoms with Crippen LogP contribution in [0.25, 0.3) is 32.9 Å². The van der Waals surface area contributed by atoms with Gasteiger partial charge in [-0.25, -0.2) is 24.2 Å². The molecule has 5 aromatic rings. The Hall–Kier alpha value is -4.53. The van der Waals surface area contributed by atoms with Crippen molar-refractivity contribution in [3.63, 3.8) is 0 Å². The highest BCUT2D eigenvalue weighted by atomic mass is 19.1. The molecule has 0 unspecified atom stereocenters. The molecule has 0 aliphatic rings. The number of hydrogen-bond acceptors (Lipinski definition) is 4. The number of halogens is 1. The third-order valence-corrected chi connectivity index (χ3v) is 6.01. The summed E-state index contributed by atoms with van der Waals surface area (Å²) >= 11 is 0.